The minimum absolute atomic E-state index is 0.108. The number of hydrogen-bond acceptors (Lipinski definition) is 8. The summed E-state index contributed by atoms with van der Waals surface area (Å²) < 4.78 is 0.809. The summed E-state index contributed by atoms with van der Waals surface area (Å²) in [5, 5.41) is 15.5. The Labute approximate surface area is 186 Å². The summed E-state index contributed by atoms with van der Waals surface area (Å²) in [7, 11) is 0. The van der Waals surface area contributed by atoms with Gasteiger partial charge in [0.1, 0.15) is 12.1 Å². The number of piperazine rings is 1. The van der Waals surface area contributed by atoms with Crippen molar-refractivity contribution < 1.29 is 4.92 Å². The number of nitrogens with zero attached hydrogens (tertiary/aromatic N) is 6. The fourth-order valence-corrected chi connectivity index (χ4v) is 3.70. The zero-order valence-corrected chi connectivity index (χ0v) is 18.0. The monoisotopic (exact) mass is 489 g/mol. The van der Waals surface area contributed by atoms with Gasteiger partial charge in [0.2, 0.25) is 11.6 Å². The molecule has 1 aliphatic rings. The number of hydrogen-bond donors (Lipinski definition) is 1. The van der Waals surface area contributed by atoms with E-state index in [4.69, 9.17) is 11.6 Å². The first-order valence-electron chi connectivity index (χ1n) is 9.14. The molecule has 1 saturated heterocycles. The maximum atomic E-state index is 11.9. The summed E-state index contributed by atoms with van der Waals surface area (Å²) >= 11 is 9.41. The van der Waals surface area contributed by atoms with Crippen molar-refractivity contribution in [3.05, 3.63) is 68.5 Å². The van der Waals surface area contributed by atoms with Crippen LogP contribution in [0.5, 0.6) is 0 Å². The summed E-state index contributed by atoms with van der Waals surface area (Å²) in [6.45, 7) is 2.55. The second kappa shape index (κ2) is 8.80. The van der Waals surface area contributed by atoms with Crippen molar-refractivity contribution in [1.82, 2.24) is 15.0 Å². The minimum atomic E-state index is -0.458. The number of nitrogens with one attached hydrogen (secondary N) is 1. The number of nitro groups is 1. The van der Waals surface area contributed by atoms with Crippen LogP contribution in [0.3, 0.4) is 0 Å². The number of anilines is 4. The van der Waals surface area contributed by atoms with Gasteiger partial charge in [-0.15, -0.1) is 0 Å². The predicted molar refractivity (Wildman–Crippen MR) is 120 cm³/mol. The summed E-state index contributed by atoms with van der Waals surface area (Å²) in [5.41, 5.74) is 0.862. The molecule has 1 aromatic carbocycles. The molecule has 3 heterocycles. The normalized spacial score (nSPS) is 13.9. The molecule has 0 spiro atoms. The molecule has 1 N–H and O–H groups in total. The lowest BCUT2D eigenvalue weighted by Gasteiger charge is -2.36. The van der Waals surface area contributed by atoms with Crippen LogP contribution in [0.2, 0.25) is 5.02 Å². The molecule has 0 bridgehead atoms. The summed E-state index contributed by atoms with van der Waals surface area (Å²) in [6.07, 6.45) is 2.93. The van der Waals surface area contributed by atoms with Crippen LogP contribution in [0.1, 0.15) is 0 Å². The Morgan fingerprint density at radius 2 is 1.83 bits per heavy atom. The van der Waals surface area contributed by atoms with Crippen molar-refractivity contribution in [3.63, 3.8) is 0 Å². The molecule has 3 aromatic rings. The largest absolute Gasteiger partial charge is 0.368 e. The van der Waals surface area contributed by atoms with Crippen LogP contribution < -0.4 is 15.1 Å². The second-order valence-corrected chi connectivity index (χ2v) is 7.94. The molecule has 1 fully saturated rings. The highest BCUT2D eigenvalue weighted by Gasteiger charge is 2.29. The van der Waals surface area contributed by atoms with Crippen molar-refractivity contribution >= 4 is 56.4 Å². The second-order valence-electron chi connectivity index (χ2n) is 6.59. The Bertz CT molecular complexity index is 1060. The SMILES string of the molecule is O=[N+]([O-])c1c(Nc2ccc(Br)cn2)ncnc1N1CCN(c2cccc(Cl)c2)CC1. The van der Waals surface area contributed by atoms with Crippen LogP contribution in [0.25, 0.3) is 0 Å². The average Bonchev–Trinajstić information content (AvgIpc) is 2.75. The van der Waals surface area contributed by atoms with E-state index < -0.39 is 4.92 Å². The van der Waals surface area contributed by atoms with Gasteiger partial charge in [0.15, 0.2) is 0 Å². The molecule has 0 amide bonds. The Balaban J connectivity index is 1.55. The molecule has 4 rings (SSSR count). The van der Waals surface area contributed by atoms with Gasteiger partial charge in [-0.2, -0.15) is 0 Å². The zero-order chi connectivity index (χ0) is 21.1. The van der Waals surface area contributed by atoms with Crippen LogP contribution in [0.4, 0.5) is 28.8 Å². The van der Waals surface area contributed by atoms with E-state index in [-0.39, 0.29) is 11.5 Å². The average molecular weight is 491 g/mol. The number of pyridine rings is 1. The van der Waals surface area contributed by atoms with Crippen LogP contribution in [0.15, 0.2) is 53.4 Å². The van der Waals surface area contributed by atoms with E-state index in [1.54, 1.807) is 18.3 Å². The molecule has 0 atom stereocenters. The van der Waals surface area contributed by atoms with E-state index in [2.05, 4.69) is 41.1 Å². The van der Waals surface area contributed by atoms with Crippen molar-refractivity contribution in [2.75, 3.05) is 41.3 Å². The topological polar surface area (TPSA) is 100 Å². The molecule has 9 nitrogen and oxygen atoms in total. The first kappa shape index (κ1) is 20.3. The van der Waals surface area contributed by atoms with Gasteiger partial charge < -0.3 is 15.1 Å². The summed E-state index contributed by atoms with van der Waals surface area (Å²) in [4.78, 5) is 28.0. The van der Waals surface area contributed by atoms with Gasteiger partial charge in [0.05, 0.1) is 4.92 Å². The molecule has 154 valence electrons. The highest BCUT2D eigenvalue weighted by Crippen LogP contribution is 2.34. The van der Waals surface area contributed by atoms with Gasteiger partial charge in [0, 0.05) is 47.6 Å². The molecule has 0 saturated carbocycles. The van der Waals surface area contributed by atoms with Gasteiger partial charge in [-0.3, -0.25) is 10.1 Å². The molecule has 30 heavy (non-hydrogen) atoms. The first-order valence-corrected chi connectivity index (χ1v) is 10.3. The van der Waals surface area contributed by atoms with Gasteiger partial charge in [-0.1, -0.05) is 17.7 Å². The van der Waals surface area contributed by atoms with Crippen molar-refractivity contribution in [2.24, 2.45) is 0 Å². The molecule has 1 aliphatic heterocycles. The standard InChI is InChI=1S/C19H17BrClN7O2/c20-13-4-5-16(22-11-13)25-18-17(28(29)30)19(24-12-23-18)27-8-6-26(7-9-27)15-3-1-2-14(21)10-15/h1-5,10-12H,6-9H2,(H,22,23,24,25). The Kier molecular flexibility index (Phi) is 5.96. The Hall–Kier alpha value is -2.98. The minimum Gasteiger partial charge on any atom is -0.368 e. The molecular weight excluding hydrogens is 474 g/mol. The van der Waals surface area contributed by atoms with Gasteiger partial charge in [0.25, 0.3) is 0 Å². The number of halogens is 2. The molecule has 0 aliphatic carbocycles. The maximum Gasteiger partial charge on any atom is 0.353 e. The quantitative estimate of drug-likeness (QED) is 0.418. The van der Waals surface area contributed by atoms with Crippen LogP contribution in [0, 0.1) is 10.1 Å². The third-order valence-corrected chi connectivity index (χ3v) is 5.42. The van der Waals surface area contributed by atoms with Crippen LogP contribution in [-0.4, -0.2) is 46.1 Å². The number of rotatable bonds is 5. The summed E-state index contributed by atoms with van der Waals surface area (Å²) in [6, 6.07) is 11.2. The predicted octanol–water partition coefficient (Wildman–Crippen LogP) is 4.27. The number of aromatic nitrogens is 3. The number of benzene rings is 1. The van der Waals surface area contributed by atoms with Crippen molar-refractivity contribution in [2.45, 2.75) is 0 Å². The van der Waals surface area contributed by atoms with Crippen LogP contribution >= 0.6 is 27.5 Å². The Morgan fingerprint density at radius 1 is 1.07 bits per heavy atom. The highest BCUT2D eigenvalue weighted by molar-refractivity contribution is 9.10. The van der Waals surface area contributed by atoms with E-state index in [0.29, 0.717) is 42.8 Å². The lowest BCUT2D eigenvalue weighted by atomic mass is 10.2. The molecule has 2 aromatic heterocycles. The lowest BCUT2D eigenvalue weighted by Crippen LogP contribution is -2.47. The molecular formula is C19H17BrClN7O2. The van der Waals surface area contributed by atoms with Gasteiger partial charge in [-0.05, 0) is 46.3 Å². The highest BCUT2D eigenvalue weighted by atomic mass is 79.9. The van der Waals surface area contributed by atoms with Crippen molar-refractivity contribution in [3.8, 4) is 0 Å². The zero-order valence-electron chi connectivity index (χ0n) is 15.7. The van der Waals surface area contributed by atoms with E-state index in [0.717, 1.165) is 10.2 Å². The smallest absolute Gasteiger partial charge is 0.353 e. The molecule has 0 unspecified atom stereocenters. The maximum absolute atomic E-state index is 11.9. The van der Waals surface area contributed by atoms with E-state index in [1.165, 1.54) is 6.33 Å². The third kappa shape index (κ3) is 4.44. The lowest BCUT2D eigenvalue weighted by molar-refractivity contribution is -0.383. The Morgan fingerprint density at radius 3 is 2.50 bits per heavy atom. The van der Waals surface area contributed by atoms with E-state index >= 15 is 0 Å². The van der Waals surface area contributed by atoms with Crippen LogP contribution in [-0.2, 0) is 0 Å². The van der Waals surface area contributed by atoms with Gasteiger partial charge in [-0.25, -0.2) is 15.0 Å². The van der Waals surface area contributed by atoms with E-state index in [9.17, 15) is 10.1 Å². The van der Waals surface area contributed by atoms with Crippen molar-refractivity contribution in [1.29, 1.82) is 0 Å². The fourth-order valence-electron chi connectivity index (χ4n) is 3.28. The van der Waals surface area contributed by atoms with E-state index in [1.807, 2.05) is 29.2 Å². The first-order chi connectivity index (χ1) is 14.5. The molecule has 11 heteroatoms. The third-order valence-electron chi connectivity index (χ3n) is 4.71. The summed E-state index contributed by atoms with van der Waals surface area (Å²) in [5.74, 6) is 0.856. The fraction of sp³-hybridized carbons (Fsp3) is 0.211. The molecule has 0 radical (unpaired) electrons. The van der Waals surface area contributed by atoms with Gasteiger partial charge >= 0.3 is 5.69 Å².